The molecule has 0 heterocycles. The minimum absolute atomic E-state index is 0.0775. The van der Waals surface area contributed by atoms with Gasteiger partial charge in [-0.05, 0) is 54.2 Å². The first-order valence-electron chi connectivity index (χ1n) is 11.3. The van der Waals surface area contributed by atoms with Crippen LogP contribution in [0.15, 0.2) is 42.5 Å². The number of benzene rings is 2. The number of rotatable bonds is 12. The van der Waals surface area contributed by atoms with E-state index in [1.165, 1.54) is 0 Å². The molecular formula is C26H35ClN2O4. The molecule has 1 N–H and O–H groups in total. The molecule has 2 amide bonds. The van der Waals surface area contributed by atoms with Gasteiger partial charge in [-0.1, -0.05) is 50.6 Å². The molecule has 2 rings (SSSR count). The highest BCUT2D eigenvalue weighted by atomic mass is 35.5. The molecular weight excluding hydrogens is 440 g/mol. The minimum atomic E-state index is -0.544. The summed E-state index contributed by atoms with van der Waals surface area (Å²) in [5, 5.41) is 3.61. The molecule has 0 spiro atoms. The fourth-order valence-electron chi connectivity index (χ4n) is 3.56. The van der Waals surface area contributed by atoms with Crippen LogP contribution in [0.4, 0.5) is 0 Å². The maximum atomic E-state index is 13.4. The van der Waals surface area contributed by atoms with E-state index in [-0.39, 0.29) is 18.2 Å². The van der Waals surface area contributed by atoms with Gasteiger partial charge in [-0.3, -0.25) is 9.59 Å². The number of carbonyl (C=O) groups is 2. The molecule has 2 aromatic rings. The van der Waals surface area contributed by atoms with Crippen LogP contribution in [-0.2, 0) is 22.6 Å². The number of methoxy groups -OCH3 is 2. The lowest BCUT2D eigenvalue weighted by Gasteiger charge is -2.31. The molecule has 1 atom stereocenters. The summed E-state index contributed by atoms with van der Waals surface area (Å²) < 4.78 is 10.7. The monoisotopic (exact) mass is 474 g/mol. The highest BCUT2D eigenvalue weighted by molar-refractivity contribution is 6.30. The molecule has 0 aliphatic carbocycles. The summed E-state index contributed by atoms with van der Waals surface area (Å²) in [5.41, 5.74) is 1.89. The number of halogens is 1. The molecule has 33 heavy (non-hydrogen) atoms. The Balaban J connectivity index is 2.20. The molecule has 0 aliphatic rings. The number of ether oxygens (including phenoxy) is 2. The second kappa shape index (κ2) is 13.1. The molecule has 0 aliphatic heterocycles. The maximum Gasteiger partial charge on any atom is 0.242 e. The summed E-state index contributed by atoms with van der Waals surface area (Å²) in [4.78, 5) is 28.0. The van der Waals surface area contributed by atoms with Crippen molar-refractivity contribution in [2.75, 3.05) is 20.8 Å². The zero-order valence-electron chi connectivity index (χ0n) is 20.2. The normalized spacial score (nSPS) is 11.7. The van der Waals surface area contributed by atoms with Crippen LogP contribution in [0, 0.1) is 5.92 Å². The highest BCUT2D eigenvalue weighted by Crippen LogP contribution is 2.28. The van der Waals surface area contributed by atoms with Crippen molar-refractivity contribution in [3.05, 3.63) is 58.6 Å². The van der Waals surface area contributed by atoms with Crippen molar-refractivity contribution < 1.29 is 19.1 Å². The van der Waals surface area contributed by atoms with Crippen molar-refractivity contribution >= 4 is 23.4 Å². The van der Waals surface area contributed by atoms with Gasteiger partial charge in [-0.2, -0.15) is 0 Å². The standard InChI is InChI=1S/C26H35ClN2O4/c1-6-22(26(31)28-16-18(2)3)29(17-20-7-11-21(27)12-8-20)25(30)14-10-19-9-13-23(32-4)24(15-19)33-5/h7-9,11-13,15,18,22H,6,10,14,16-17H2,1-5H3,(H,28,31). The third-order valence-electron chi connectivity index (χ3n) is 5.41. The summed E-state index contributed by atoms with van der Waals surface area (Å²) >= 11 is 6.02. The van der Waals surface area contributed by atoms with Crippen LogP contribution in [0.5, 0.6) is 11.5 Å². The molecule has 2 aromatic carbocycles. The molecule has 0 radical (unpaired) electrons. The summed E-state index contributed by atoms with van der Waals surface area (Å²) in [6, 6.07) is 12.4. The van der Waals surface area contributed by atoms with E-state index in [9.17, 15) is 9.59 Å². The van der Waals surface area contributed by atoms with Crippen LogP contribution >= 0.6 is 11.6 Å². The predicted molar refractivity (Wildman–Crippen MR) is 132 cm³/mol. The van der Waals surface area contributed by atoms with Crippen LogP contribution in [-0.4, -0.2) is 43.5 Å². The van der Waals surface area contributed by atoms with E-state index in [0.717, 1.165) is 11.1 Å². The Morgan fingerprint density at radius 1 is 1.00 bits per heavy atom. The third-order valence-corrected chi connectivity index (χ3v) is 5.66. The van der Waals surface area contributed by atoms with Gasteiger partial charge in [-0.25, -0.2) is 0 Å². The van der Waals surface area contributed by atoms with Crippen LogP contribution in [0.2, 0.25) is 5.02 Å². The fraction of sp³-hybridized carbons (Fsp3) is 0.462. The fourth-order valence-corrected chi connectivity index (χ4v) is 3.69. The zero-order valence-corrected chi connectivity index (χ0v) is 20.9. The average molecular weight is 475 g/mol. The Morgan fingerprint density at radius 3 is 2.21 bits per heavy atom. The van der Waals surface area contributed by atoms with E-state index in [2.05, 4.69) is 5.32 Å². The number of hydrogen-bond donors (Lipinski definition) is 1. The maximum absolute atomic E-state index is 13.4. The van der Waals surface area contributed by atoms with Gasteiger partial charge in [0.25, 0.3) is 0 Å². The number of nitrogens with zero attached hydrogens (tertiary/aromatic N) is 1. The van der Waals surface area contributed by atoms with Gasteiger partial charge in [0.1, 0.15) is 6.04 Å². The van der Waals surface area contributed by atoms with Crippen LogP contribution in [0.25, 0.3) is 0 Å². The molecule has 180 valence electrons. The minimum Gasteiger partial charge on any atom is -0.493 e. The first-order chi connectivity index (χ1) is 15.8. The van der Waals surface area contributed by atoms with E-state index < -0.39 is 6.04 Å². The van der Waals surface area contributed by atoms with Gasteiger partial charge in [0.05, 0.1) is 14.2 Å². The lowest BCUT2D eigenvalue weighted by molar-refractivity contribution is -0.141. The number of hydrogen-bond acceptors (Lipinski definition) is 4. The molecule has 6 nitrogen and oxygen atoms in total. The highest BCUT2D eigenvalue weighted by Gasteiger charge is 2.28. The predicted octanol–water partition coefficient (Wildman–Crippen LogP) is 4.87. The molecule has 0 saturated carbocycles. The second-order valence-electron chi connectivity index (χ2n) is 8.40. The number of carbonyl (C=O) groups excluding carboxylic acids is 2. The van der Waals surface area contributed by atoms with Crippen LogP contribution in [0.3, 0.4) is 0 Å². The quantitative estimate of drug-likeness (QED) is 0.476. The van der Waals surface area contributed by atoms with Crippen molar-refractivity contribution in [2.45, 2.75) is 52.6 Å². The number of amides is 2. The van der Waals surface area contributed by atoms with Crippen molar-refractivity contribution in [3.63, 3.8) is 0 Å². The van der Waals surface area contributed by atoms with Gasteiger partial charge in [0, 0.05) is 24.5 Å². The van der Waals surface area contributed by atoms with Gasteiger partial charge in [0.15, 0.2) is 11.5 Å². The third kappa shape index (κ3) is 7.97. The van der Waals surface area contributed by atoms with E-state index in [0.29, 0.717) is 48.4 Å². The largest absolute Gasteiger partial charge is 0.493 e. The van der Waals surface area contributed by atoms with E-state index >= 15 is 0 Å². The summed E-state index contributed by atoms with van der Waals surface area (Å²) in [5.74, 6) is 1.40. The van der Waals surface area contributed by atoms with Gasteiger partial charge in [0.2, 0.25) is 11.8 Å². The molecule has 1 unspecified atom stereocenters. The molecule has 0 fully saturated rings. The Labute approximate surface area is 202 Å². The Hall–Kier alpha value is -2.73. The van der Waals surface area contributed by atoms with E-state index in [1.807, 2.05) is 51.1 Å². The van der Waals surface area contributed by atoms with Crippen molar-refractivity contribution in [1.29, 1.82) is 0 Å². The van der Waals surface area contributed by atoms with Gasteiger partial charge < -0.3 is 19.7 Å². The SMILES string of the molecule is CCC(C(=O)NCC(C)C)N(Cc1ccc(Cl)cc1)C(=O)CCc1ccc(OC)c(OC)c1. The summed E-state index contributed by atoms with van der Waals surface area (Å²) in [6.45, 7) is 6.93. The molecule has 0 bridgehead atoms. The molecule has 7 heteroatoms. The lowest BCUT2D eigenvalue weighted by Crippen LogP contribution is -2.49. The zero-order chi connectivity index (χ0) is 24.4. The van der Waals surface area contributed by atoms with Crippen molar-refractivity contribution in [3.8, 4) is 11.5 Å². The topological polar surface area (TPSA) is 67.9 Å². The van der Waals surface area contributed by atoms with Crippen LogP contribution in [0.1, 0.15) is 44.7 Å². The first-order valence-corrected chi connectivity index (χ1v) is 11.7. The first kappa shape index (κ1) is 26.5. The number of aryl methyl sites for hydroxylation is 1. The van der Waals surface area contributed by atoms with Crippen LogP contribution < -0.4 is 14.8 Å². The summed E-state index contributed by atoms with van der Waals surface area (Å²) in [6.07, 6.45) is 1.33. The smallest absolute Gasteiger partial charge is 0.242 e. The Kier molecular flexibility index (Phi) is 10.5. The summed E-state index contributed by atoms with van der Waals surface area (Å²) in [7, 11) is 3.17. The molecule has 0 aromatic heterocycles. The average Bonchev–Trinajstić information content (AvgIpc) is 2.81. The van der Waals surface area contributed by atoms with E-state index in [4.69, 9.17) is 21.1 Å². The number of nitrogens with one attached hydrogen (secondary N) is 1. The van der Waals surface area contributed by atoms with E-state index in [1.54, 1.807) is 31.3 Å². The molecule has 0 saturated heterocycles. The van der Waals surface area contributed by atoms with Gasteiger partial charge >= 0.3 is 0 Å². The Morgan fingerprint density at radius 2 is 1.64 bits per heavy atom. The lowest BCUT2D eigenvalue weighted by atomic mass is 10.1. The second-order valence-corrected chi connectivity index (χ2v) is 8.84. The van der Waals surface area contributed by atoms with Crippen molar-refractivity contribution in [1.82, 2.24) is 10.2 Å². The Bertz CT molecular complexity index is 915. The van der Waals surface area contributed by atoms with Crippen molar-refractivity contribution in [2.24, 2.45) is 5.92 Å². The van der Waals surface area contributed by atoms with Gasteiger partial charge in [-0.15, -0.1) is 0 Å².